The third kappa shape index (κ3) is 3.46. The van der Waals surface area contributed by atoms with E-state index in [0.717, 1.165) is 5.69 Å². The Balaban J connectivity index is 2.14. The van der Waals surface area contributed by atoms with Gasteiger partial charge in [-0.1, -0.05) is 18.2 Å². The molecule has 7 heteroatoms. The highest BCUT2D eigenvalue weighted by Crippen LogP contribution is 2.07. The van der Waals surface area contributed by atoms with Crippen molar-refractivity contribution in [1.82, 2.24) is 15.1 Å². The number of carboxylic acid groups (broad SMARTS) is 1. The van der Waals surface area contributed by atoms with Crippen LogP contribution < -0.4 is 5.32 Å². The Hall–Kier alpha value is -2.67. The number of benzene rings is 1. The van der Waals surface area contributed by atoms with Crippen molar-refractivity contribution in [2.75, 3.05) is 0 Å². The molecule has 0 spiro atoms. The first-order chi connectivity index (χ1) is 9.99. The van der Waals surface area contributed by atoms with Crippen LogP contribution in [0.1, 0.15) is 17.4 Å². The summed E-state index contributed by atoms with van der Waals surface area (Å²) in [7, 11) is 0. The van der Waals surface area contributed by atoms with Crippen LogP contribution in [-0.4, -0.2) is 44.0 Å². The van der Waals surface area contributed by atoms with Gasteiger partial charge in [-0.05, 0) is 25.1 Å². The van der Waals surface area contributed by atoms with Crippen molar-refractivity contribution in [3.63, 3.8) is 0 Å². The zero-order valence-electron chi connectivity index (χ0n) is 11.3. The molecule has 2 unspecified atom stereocenters. The Labute approximate surface area is 120 Å². The van der Waals surface area contributed by atoms with Crippen molar-refractivity contribution in [3.05, 3.63) is 48.3 Å². The highest BCUT2D eigenvalue weighted by atomic mass is 16.4. The van der Waals surface area contributed by atoms with Crippen molar-refractivity contribution in [2.45, 2.75) is 19.1 Å². The maximum Gasteiger partial charge on any atom is 0.328 e. The number of nitrogens with one attached hydrogen (secondary N) is 1. The molecule has 7 nitrogen and oxygen atoms in total. The van der Waals surface area contributed by atoms with Gasteiger partial charge < -0.3 is 15.5 Å². The first-order valence-corrected chi connectivity index (χ1v) is 6.32. The van der Waals surface area contributed by atoms with Gasteiger partial charge in [-0.2, -0.15) is 5.10 Å². The normalized spacial score (nSPS) is 13.4. The number of amides is 1. The second-order valence-corrected chi connectivity index (χ2v) is 4.51. The number of carboxylic acids is 1. The molecule has 21 heavy (non-hydrogen) atoms. The van der Waals surface area contributed by atoms with Gasteiger partial charge in [-0.15, -0.1) is 0 Å². The summed E-state index contributed by atoms with van der Waals surface area (Å²) >= 11 is 0. The van der Waals surface area contributed by atoms with Crippen molar-refractivity contribution in [1.29, 1.82) is 0 Å². The lowest BCUT2D eigenvalue weighted by molar-refractivity contribution is -0.141. The average Bonchev–Trinajstić information content (AvgIpc) is 2.94. The van der Waals surface area contributed by atoms with Crippen LogP contribution in [0.4, 0.5) is 0 Å². The highest BCUT2D eigenvalue weighted by molar-refractivity contribution is 5.95. The third-order valence-electron chi connectivity index (χ3n) is 2.88. The zero-order chi connectivity index (χ0) is 15.4. The Morgan fingerprint density at radius 1 is 1.24 bits per heavy atom. The van der Waals surface area contributed by atoms with Crippen LogP contribution in [0.2, 0.25) is 0 Å². The molecule has 0 bridgehead atoms. The van der Waals surface area contributed by atoms with Crippen molar-refractivity contribution >= 4 is 11.9 Å². The van der Waals surface area contributed by atoms with Gasteiger partial charge in [0.2, 0.25) is 0 Å². The van der Waals surface area contributed by atoms with Crippen LogP contribution in [0, 0.1) is 0 Å². The molecule has 1 amide bonds. The minimum Gasteiger partial charge on any atom is -0.480 e. The maximum atomic E-state index is 11.9. The summed E-state index contributed by atoms with van der Waals surface area (Å²) in [6.07, 6.45) is 0.394. The third-order valence-corrected chi connectivity index (χ3v) is 2.88. The van der Waals surface area contributed by atoms with Crippen LogP contribution in [-0.2, 0) is 4.79 Å². The van der Waals surface area contributed by atoms with Crippen LogP contribution in [0.25, 0.3) is 5.69 Å². The van der Waals surface area contributed by atoms with E-state index in [1.54, 1.807) is 6.20 Å². The lowest BCUT2D eigenvalue weighted by atomic mass is 10.2. The van der Waals surface area contributed by atoms with Crippen LogP contribution in [0.3, 0.4) is 0 Å². The molecule has 0 aliphatic heterocycles. The van der Waals surface area contributed by atoms with Gasteiger partial charge in [0.1, 0.15) is 0 Å². The second-order valence-electron chi connectivity index (χ2n) is 4.51. The van der Waals surface area contributed by atoms with Gasteiger partial charge in [0.25, 0.3) is 5.91 Å². The summed E-state index contributed by atoms with van der Waals surface area (Å²) in [4.78, 5) is 22.9. The molecular formula is C14H15N3O4. The van der Waals surface area contributed by atoms with E-state index in [2.05, 4.69) is 10.4 Å². The summed E-state index contributed by atoms with van der Waals surface area (Å²) in [5, 5.41) is 24.6. The van der Waals surface area contributed by atoms with E-state index < -0.39 is 24.0 Å². The number of rotatable bonds is 5. The van der Waals surface area contributed by atoms with Gasteiger partial charge >= 0.3 is 5.97 Å². The molecule has 2 atom stereocenters. The minimum absolute atomic E-state index is 0.0748. The molecule has 0 saturated carbocycles. The second kappa shape index (κ2) is 6.19. The molecule has 0 fully saturated rings. The summed E-state index contributed by atoms with van der Waals surface area (Å²) in [5.74, 6) is -1.96. The zero-order valence-corrected chi connectivity index (χ0v) is 11.3. The number of hydrogen-bond acceptors (Lipinski definition) is 4. The molecule has 1 heterocycles. The quantitative estimate of drug-likeness (QED) is 0.740. The fourth-order valence-electron chi connectivity index (χ4n) is 1.77. The van der Waals surface area contributed by atoms with Crippen molar-refractivity contribution in [2.24, 2.45) is 0 Å². The summed E-state index contributed by atoms with van der Waals surface area (Å²) in [6, 6.07) is 9.29. The topological polar surface area (TPSA) is 104 Å². The van der Waals surface area contributed by atoms with E-state index in [9.17, 15) is 14.7 Å². The first kappa shape index (κ1) is 14.7. The van der Waals surface area contributed by atoms with Crippen LogP contribution >= 0.6 is 0 Å². The standard InChI is InChI=1S/C14H15N3O4/c1-9(18)12(14(20)21)15-13(19)11-7-8-17(16-11)10-5-3-2-4-6-10/h2-9,12,18H,1H3,(H,15,19)(H,20,21). The van der Waals surface area contributed by atoms with Gasteiger partial charge in [0, 0.05) is 6.20 Å². The van der Waals surface area contributed by atoms with Crippen molar-refractivity contribution in [3.8, 4) is 5.69 Å². The van der Waals surface area contributed by atoms with E-state index in [0.29, 0.717) is 0 Å². The smallest absolute Gasteiger partial charge is 0.328 e. The number of carbonyl (C=O) groups excluding carboxylic acids is 1. The molecular weight excluding hydrogens is 274 g/mol. The average molecular weight is 289 g/mol. The van der Waals surface area contributed by atoms with E-state index in [1.807, 2.05) is 30.3 Å². The van der Waals surface area contributed by atoms with Gasteiger partial charge in [0.05, 0.1) is 11.8 Å². The number of aliphatic hydroxyl groups is 1. The van der Waals surface area contributed by atoms with E-state index in [-0.39, 0.29) is 5.69 Å². The number of hydrogen-bond donors (Lipinski definition) is 3. The SMILES string of the molecule is CC(O)C(NC(=O)c1ccn(-c2ccccc2)n1)C(=O)O. The predicted octanol–water partition coefficient (Wildman–Crippen LogP) is 0.436. The lowest BCUT2D eigenvalue weighted by Gasteiger charge is -2.16. The molecule has 1 aromatic carbocycles. The minimum atomic E-state index is -1.38. The largest absolute Gasteiger partial charge is 0.480 e. The Bertz CT molecular complexity index is 637. The summed E-state index contributed by atoms with van der Waals surface area (Å²) in [6.45, 7) is 1.29. The number of carbonyl (C=O) groups is 2. The number of aliphatic carboxylic acids is 1. The van der Waals surface area contributed by atoms with Gasteiger partial charge in [-0.25, -0.2) is 9.48 Å². The highest BCUT2D eigenvalue weighted by Gasteiger charge is 2.26. The predicted molar refractivity (Wildman–Crippen MR) is 74.1 cm³/mol. The Kier molecular flexibility index (Phi) is 4.34. The molecule has 0 aliphatic rings. The molecule has 0 saturated heterocycles. The van der Waals surface area contributed by atoms with Crippen molar-refractivity contribution < 1.29 is 19.8 Å². The van der Waals surface area contributed by atoms with E-state index in [4.69, 9.17) is 5.11 Å². The van der Waals surface area contributed by atoms with Crippen LogP contribution in [0.5, 0.6) is 0 Å². The van der Waals surface area contributed by atoms with Crippen LogP contribution in [0.15, 0.2) is 42.6 Å². The fourth-order valence-corrected chi connectivity index (χ4v) is 1.77. The number of para-hydroxylation sites is 1. The summed E-state index contributed by atoms with van der Waals surface area (Å²) < 4.78 is 1.51. The number of aliphatic hydroxyl groups excluding tert-OH is 1. The number of aromatic nitrogens is 2. The van der Waals surface area contributed by atoms with E-state index in [1.165, 1.54) is 17.7 Å². The Morgan fingerprint density at radius 2 is 1.90 bits per heavy atom. The molecule has 2 rings (SSSR count). The molecule has 0 radical (unpaired) electrons. The first-order valence-electron chi connectivity index (χ1n) is 6.32. The molecule has 2 aromatic rings. The lowest BCUT2D eigenvalue weighted by Crippen LogP contribution is -2.47. The summed E-state index contributed by atoms with van der Waals surface area (Å²) in [5.41, 5.74) is 0.854. The molecule has 0 aliphatic carbocycles. The molecule has 110 valence electrons. The van der Waals surface area contributed by atoms with Gasteiger partial charge in [0.15, 0.2) is 11.7 Å². The molecule has 3 N–H and O–H groups in total. The fraction of sp³-hybridized carbons (Fsp3) is 0.214. The Morgan fingerprint density at radius 3 is 2.48 bits per heavy atom. The molecule has 1 aromatic heterocycles. The number of nitrogens with zero attached hydrogens (tertiary/aromatic N) is 2. The van der Waals surface area contributed by atoms with Gasteiger partial charge in [-0.3, -0.25) is 4.79 Å². The monoisotopic (exact) mass is 289 g/mol. The maximum absolute atomic E-state index is 11.9. The van der Waals surface area contributed by atoms with E-state index >= 15 is 0 Å².